The van der Waals surface area contributed by atoms with Crippen molar-refractivity contribution in [2.75, 3.05) is 19.7 Å². The Morgan fingerprint density at radius 1 is 1.58 bits per heavy atom. The summed E-state index contributed by atoms with van der Waals surface area (Å²) in [6.45, 7) is 4.27. The molecule has 1 heterocycles. The first-order chi connectivity index (χ1) is 9.22. The molecule has 2 rings (SSSR count). The van der Waals surface area contributed by atoms with Crippen LogP contribution in [-0.2, 0) is 11.2 Å². The quantitative estimate of drug-likeness (QED) is 0.667. The highest BCUT2D eigenvalue weighted by Crippen LogP contribution is 2.24. The number of benzene rings is 1. The zero-order chi connectivity index (χ0) is 13.7. The van der Waals surface area contributed by atoms with Crippen LogP contribution in [0, 0.1) is 10.1 Å². The van der Waals surface area contributed by atoms with Crippen LogP contribution in [0.15, 0.2) is 24.3 Å². The fourth-order valence-electron chi connectivity index (χ4n) is 2.17. The van der Waals surface area contributed by atoms with E-state index >= 15 is 0 Å². The minimum atomic E-state index is -0.335. The number of aryl methyl sites for hydroxylation is 1. The van der Waals surface area contributed by atoms with Gasteiger partial charge in [0.05, 0.1) is 23.2 Å². The van der Waals surface area contributed by atoms with E-state index in [1.807, 2.05) is 25.1 Å². The van der Waals surface area contributed by atoms with Crippen molar-refractivity contribution in [2.45, 2.75) is 19.4 Å². The first-order valence-corrected chi connectivity index (χ1v) is 6.49. The third-order valence-electron chi connectivity index (χ3n) is 3.18. The van der Waals surface area contributed by atoms with Crippen LogP contribution in [0.2, 0.25) is 0 Å². The second-order valence-electron chi connectivity index (χ2n) is 4.43. The molecule has 0 aliphatic carbocycles. The van der Waals surface area contributed by atoms with Crippen molar-refractivity contribution in [3.05, 3.63) is 45.5 Å². The van der Waals surface area contributed by atoms with Gasteiger partial charge in [0.15, 0.2) is 0 Å². The zero-order valence-corrected chi connectivity index (χ0v) is 11.0. The highest BCUT2D eigenvalue weighted by molar-refractivity contribution is 5.64. The smallest absolute Gasteiger partial charge is 0.276 e. The van der Waals surface area contributed by atoms with E-state index in [0.717, 1.165) is 25.1 Å². The van der Waals surface area contributed by atoms with E-state index in [4.69, 9.17) is 4.74 Å². The topological polar surface area (TPSA) is 64.4 Å². The molecule has 1 atom stereocenters. The lowest BCUT2D eigenvalue weighted by molar-refractivity contribution is -0.385. The molecule has 0 amide bonds. The first-order valence-electron chi connectivity index (χ1n) is 6.49. The van der Waals surface area contributed by atoms with Gasteiger partial charge < -0.3 is 10.1 Å². The van der Waals surface area contributed by atoms with Gasteiger partial charge in [-0.3, -0.25) is 10.1 Å². The fraction of sp³-hybridized carbons (Fsp3) is 0.429. The third kappa shape index (κ3) is 3.39. The van der Waals surface area contributed by atoms with Gasteiger partial charge in [0, 0.05) is 19.2 Å². The molecule has 1 aliphatic rings. The maximum absolute atomic E-state index is 11.1. The molecule has 1 aromatic rings. The Labute approximate surface area is 112 Å². The van der Waals surface area contributed by atoms with Crippen LogP contribution in [0.1, 0.15) is 18.1 Å². The van der Waals surface area contributed by atoms with Crippen molar-refractivity contribution in [3.8, 4) is 0 Å². The lowest BCUT2D eigenvalue weighted by atomic mass is 10.0. The lowest BCUT2D eigenvalue weighted by Gasteiger charge is -2.20. The normalized spacial score (nSPS) is 19.7. The van der Waals surface area contributed by atoms with E-state index in [-0.39, 0.29) is 16.7 Å². The van der Waals surface area contributed by atoms with E-state index in [9.17, 15) is 10.1 Å². The molecular weight excluding hydrogens is 244 g/mol. The van der Waals surface area contributed by atoms with Gasteiger partial charge in [-0.2, -0.15) is 0 Å². The number of hydrogen-bond donors (Lipinski definition) is 1. The minimum absolute atomic E-state index is 0.0155. The number of nitro benzene ring substituents is 1. The Morgan fingerprint density at radius 3 is 3.05 bits per heavy atom. The van der Waals surface area contributed by atoms with Gasteiger partial charge in [-0.1, -0.05) is 25.1 Å². The minimum Gasteiger partial charge on any atom is -0.371 e. The van der Waals surface area contributed by atoms with E-state index in [0.29, 0.717) is 12.2 Å². The van der Waals surface area contributed by atoms with Gasteiger partial charge in [0.2, 0.25) is 0 Å². The number of ether oxygens (including phenoxy) is 1. The molecule has 19 heavy (non-hydrogen) atoms. The molecule has 1 aliphatic heterocycles. The van der Waals surface area contributed by atoms with Crippen LogP contribution in [0.3, 0.4) is 0 Å². The summed E-state index contributed by atoms with van der Waals surface area (Å²) in [6, 6.07) is 5.19. The number of hydrogen-bond acceptors (Lipinski definition) is 4. The zero-order valence-electron chi connectivity index (χ0n) is 11.0. The van der Waals surface area contributed by atoms with Gasteiger partial charge in [0.1, 0.15) is 0 Å². The van der Waals surface area contributed by atoms with Crippen molar-refractivity contribution in [1.82, 2.24) is 5.32 Å². The Kier molecular flexibility index (Phi) is 4.65. The van der Waals surface area contributed by atoms with E-state index in [2.05, 4.69) is 5.32 Å². The molecule has 5 nitrogen and oxygen atoms in total. The summed E-state index contributed by atoms with van der Waals surface area (Å²) in [6.07, 6.45) is 4.46. The lowest BCUT2D eigenvalue weighted by Crippen LogP contribution is -2.37. The van der Waals surface area contributed by atoms with Crippen molar-refractivity contribution in [1.29, 1.82) is 0 Å². The molecule has 102 valence electrons. The molecule has 1 aromatic carbocycles. The molecule has 0 bridgehead atoms. The molecule has 0 saturated carbocycles. The third-order valence-corrected chi connectivity index (χ3v) is 3.18. The molecule has 1 unspecified atom stereocenters. The van der Waals surface area contributed by atoms with Crippen molar-refractivity contribution >= 4 is 11.8 Å². The second kappa shape index (κ2) is 6.45. The van der Waals surface area contributed by atoms with Gasteiger partial charge in [-0.15, -0.1) is 0 Å². The summed E-state index contributed by atoms with van der Waals surface area (Å²) in [5, 5.41) is 14.3. The summed E-state index contributed by atoms with van der Waals surface area (Å²) in [7, 11) is 0. The van der Waals surface area contributed by atoms with Crippen LogP contribution >= 0.6 is 0 Å². The largest absolute Gasteiger partial charge is 0.371 e. The van der Waals surface area contributed by atoms with Crippen molar-refractivity contribution < 1.29 is 9.66 Å². The Morgan fingerprint density at radius 2 is 2.42 bits per heavy atom. The molecular formula is C14H18N2O3. The predicted molar refractivity (Wildman–Crippen MR) is 74.1 cm³/mol. The predicted octanol–water partition coefficient (Wildman–Crippen LogP) is 2.16. The van der Waals surface area contributed by atoms with Crippen molar-refractivity contribution in [2.24, 2.45) is 0 Å². The first kappa shape index (κ1) is 13.7. The highest BCUT2D eigenvalue weighted by atomic mass is 16.6. The Bertz CT molecular complexity index is 480. The van der Waals surface area contributed by atoms with Gasteiger partial charge in [-0.05, 0) is 18.1 Å². The SMILES string of the molecule is CCc1cccc([N+](=O)[O-])c1C=CC1CNCCO1. The average molecular weight is 262 g/mol. The Hall–Kier alpha value is -1.72. The molecule has 0 spiro atoms. The number of nitrogens with zero attached hydrogens (tertiary/aromatic N) is 1. The maximum Gasteiger partial charge on any atom is 0.276 e. The molecule has 0 aromatic heterocycles. The standard InChI is InChI=1S/C14H18N2O3/c1-2-11-4-3-5-14(16(17)18)13(11)7-6-12-10-15-8-9-19-12/h3-7,12,15H,2,8-10H2,1H3. The van der Waals surface area contributed by atoms with Crippen LogP contribution in [0.4, 0.5) is 5.69 Å². The van der Waals surface area contributed by atoms with E-state index < -0.39 is 0 Å². The average Bonchev–Trinajstić information content (AvgIpc) is 2.45. The highest BCUT2D eigenvalue weighted by Gasteiger charge is 2.15. The molecule has 1 N–H and O–H groups in total. The summed E-state index contributed by atoms with van der Waals surface area (Å²) >= 11 is 0. The van der Waals surface area contributed by atoms with Gasteiger partial charge in [-0.25, -0.2) is 0 Å². The van der Waals surface area contributed by atoms with E-state index in [1.165, 1.54) is 0 Å². The number of morpholine rings is 1. The molecule has 1 saturated heterocycles. The van der Waals surface area contributed by atoms with Gasteiger partial charge >= 0.3 is 0 Å². The van der Waals surface area contributed by atoms with Crippen LogP contribution in [-0.4, -0.2) is 30.7 Å². The van der Waals surface area contributed by atoms with Crippen molar-refractivity contribution in [3.63, 3.8) is 0 Å². The number of nitro groups is 1. The number of nitrogens with one attached hydrogen (secondary N) is 1. The van der Waals surface area contributed by atoms with Crippen LogP contribution in [0.5, 0.6) is 0 Å². The van der Waals surface area contributed by atoms with E-state index in [1.54, 1.807) is 12.1 Å². The van der Waals surface area contributed by atoms with Gasteiger partial charge in [0.25, 0.3) is 5.69 Å². The summed E-state index contributed by atoms with van der Waals surface area (Å²) in [4.78, 5) is 10.7. The molecule has 1 fully saturated rings. The van der Waals surface area contributed by atoms with Crippen LogP contribution < -0.4 is 5.32 Å². The van der Waals surface area contributed by atoms with Crippen LogP contribution in [0.25, 0.3) is 6.08 Å². The fourth-order valence-corrected chi connectivity index (χ4v) is 2.17. The maximum atomic E-state index is 11.1. The Balaban J connectivity index is 2.26. The summed E-state index contributed by atoms with van der Waals surface area (Å²) in [5.41, 5.74) is 1.82. The monoisotopic (exact) mass is 262 g/mol. The summed E-state index contributed by atoms with van der Waals surface area (Å²) < 4.78 is 5.55. The number of rotatable bonds is 4. The molecule has 0 radical (unpaired) electrons. The molecule has 5 heteroatoms. The second-order valence-corrected chi connectivity index (χ2v) is 4.43. The summed E-state index contributed by atoms with van der Waals surface area (Å²) in [5.74, 6) is 0.